The van der Waals surface area contributed by atoms with Crippen LogP contribution in [0.4, 0.5) is 11.4 Å². The van der Waals surface area contributed by atoms with Gasteiger partial charge in [-0.15, -0.1) is 0 Å². The number of hydrogen-bond donors (Lipinski definition) is 1. The maximum atomic E-state index is 12.5. The van der Waals surface area contributed by atoms with Crippen LogP contribution in [0.15, 0.2) is 53.4 Å². The molecular weight excluding hydrogens is 350 g/mol. The lowest BCUT2D eigenvalue weighted by molar-refractivity contribution is -0.115. The van der Waals surface area contributed by atoms with Crippen molar-refractivity contribution in [3.8, 4) is 0 Å². The molecule has 2 aromatic rings. The number of anilines is 2. The van der Waals surface area contributed by atoms with E-state index in [9.17, 15) is 13.2 Å². The zero-order valence-corrected chi connectivity index (χ0v) is 16.0. The SMILES string of the molecule is CC1Cc2ccccc2N1CC(=O)Nc1cccc(S(=O)(=O)N(C)C)c1. The van der Waals surface area contributed by atoms with Gasteiger partial charge < -0.3 is 10.2 Å². The smallest absolute Gasteiger partial charge is 0.243 e. The third-order valence-electron chi connectivity index (χ3n) is 4.56. The van der Waals surface area contributed by atoms with E-state index in [4.69, 9.17) is 0 Å². The fourth-order valence-corrected chi connectivity index (χ4v) is 4.12. The molecule has 1 amide bonds. The molecule has 1 aliphatic rings. The van der Waals surface area contributed by atoms with Crippen LogP contribution in [0.2, 0.25) is 0 Å². The molecule has 0 aliphatic carbocycles. The Labute approximate surface area is 154 Å². The Bertz CT molecular complexity index is 925. The largest absolute Gasteiger partial charge is 0.359 e. The van der Waals surface area contributed by atoms with Gasteiger partial charge in [-0.1, -0.05) is 24.3 Å². The summed E-state index contributed by atoms with van der Waals surface area (Å²) in [6.45, 7) is 2.32. The molecule has 1 atom stereocenters. The van der Waals surface area contributed by atoms with Crippen molar-refractivity contribution in [1.82, 2.24) is 4.31 Å². The summed E-state index contributed by atoms with van der Waals surface area (Å²) in [4.78, 5) is 14.7. The summed E-state index contributed by atoms with van der Waals surface area (Å²) >= 11 is 0. The third kappa shape index (κ3) is 3.59. The van der Waals surface area contributed by atoms with Gasteiger partial charge in [-0.05, 0) is 43.2 Å². The number of para-hydroxylation sites is 1. The number of rotatable bonds is 5. The molecule has 0 fully saturated rings. The van der Waals surface area contributed by atoms with E-state index < -0.39 is 10.0 Å². The quantitative estimate of drug-likeness (QED) is 0.873. The van der Waals surface area contributed by atoms with Gasteiger partial charge in [-0.2, -0.15) is 0 Å². The number of amides is 1. The Morgan fingerprint density at radius 1 is 1.19 bits per heavy atom. The Balaban J connectivity index is 1.74. The number of nitrogens with zero attached hydrogens (tertiary/aromatic N) is 2. The van der Waals surface area contributed by atoms with Gasteiger partial charge in [0.25, 0.3) is 0 Å². The van der Waals surface area contributed by atoms with Crippen LogP contribution in [0.25, 0.3) is 0 Å². The number of hydrogen-bond acceptors (Lipinski definition) is 4. The van der Waals surface area contributed by atoms with Gasteiger partial charge in [0.1, 0.15) is 0 Å². The Hall–Kier alpha value is -2.38. The minimum absolute atomic E-state index is 0.153. The van der Waals surface area contributed by atoms with Gasteiger partial charge in [-0.25, -0.2) is 12.7 Å². The lowest BCUT2D eigenvalue weighted by atomic mass is 10.1. The van der Waals surface area contributed by atoms with Crippen LogP contribution in [0.3, 0.4) is 0 Å². The molecule has 26 heavy (non-hydrogen) atoms. The van der Waals surface area contributed by atoms with Crippen molar-refractivity contribution in [3.05, 3.63) is 54.1 Å². The second-order valence-electron chi connectivity index (χ2n) is 6.67. The van der Waals surface area contributed by atoms with Crippen LogP contribution in [-0.2, 0) is 21.2 Å². The number of nitrogens with one attached hydrogen (secondary N) is 1. The summed E-state index contributed by atoms with van der Waals surface area (Å²) in [5.74, 6) is -0.173. The van der Waals surface area contributed by atoms with E-state index in [2.05, 4.69) is 23.2 Å². The summed E-state index contributed by atoms with van der Waals surface area (Å²) in [5, 5.41) is 2.81. The fourth-order valence-electron chi connectivity index (χ4n) is 3.17. The van der Waals surface area contributed by atoms with Crippen LogP contribution >= 0.6 is 0 Å². The van der Waals surface area contributed by atoms with E-state index in [1.807, 2.05) is 18.2 Å². The number of carbonyl (C=O) groups is 1. The molecule has 1 N–H and O–H groups in total. The second-order valence-corrected chi connectivity index (χ2v) is 8.83. The average molecular weight is 373 g/mol. The maximum Gasteiger partial charge on any atom is 0.243 e. The summed E-state index contributed by atoms with van der Waals surface area (Å²) in [5.41, 5.74) is 2.80. The van der Waals surface area contributed by atoms with Crippen molar-refractivity contribution in [2.75, 3.05) is 30.9 Å². The standard InChI is InChI=1S/C19H23N3O3S/c1-14-11-15-7-4-5-10-18(15)22(14)13-19(23)20-16-8-6-9-17(12-16)26(24,25)21(2)3/h4-10,12,14H,11,13H2,1-3H3,(H,20,23). The lowest BCUT2D eigenvalue weighted by Gasteiger charge is -2.24. The van der Waals surface area contributed by atoms with E-state index in [1.165, 1.54) is 31.8 Å². The molecule has 0 spiro atoms. The van der Waals surface area contributed by atoms with E-state index in [0.29, 0.717) is 5.69 Å². The Morgan fingerprint density at radius 2 is 1.92 bits per heavy atom. The zero-order valence-electron chi connectivity index (χ0n) is 15.1. The van der Waals surface area contributed by atoms with Crippen molar-refractivity contribution in [3.63, 3.8) is 0 Å². The number of fused-ring (bicyclic) bond motifs is 1. The van der Waals surface area contributed by atoms with E-state index >= 15 is 0 Å². The van der Waals surface area contributed by atoms with Gasteiger partial charge in [0, 0.05) is 31.5 Å². The van der Waals surface area contributed by atoms with Crippen molar-refractivity contribution in [2.45, 2.75) is 24.3 Å². The first-order valence-corrected chi connectivity index (χ1v) is 9.90. The third-order valence-corrected chi connectivity index (χ3v) is 6.37. The van der Waals surface area contributed by atoms with Crippen molar-refractivity contribution >= 4 is 27.3 Å². The van der Waals surface area contributed by atoms with Gasteiger partial charge in [0.2, 0.25) is 15.9 Å². The molecule has 6 nitrogen and oxygen atoms in total. The molecule has 2 aromatic carbocycles. The molecule has 7 heteroatoms. The minimum atomic E-state index is -3.53. The first-order chi connectivity index (χ1) is 12.3. The molecular formula is C19H23N3O3S. The highest BCUT2D eigenvalue weighted by Crippen LogP contribution is 2.31. The minimum Gasteiger partial charge on any atom is -0.359 e. The highest BCUT2D eigenvalue weighted by Gasteiger charge is 2.27. The molecule has 1 aliphatic heterocycles. The van der Waals surface area contributed by atoms with Gasteiger partial charge in [0.05, 0.1) is 11.4 Å². The average Bonchev–Trinajstić information content (AvgIpc) is 2.90. The summed E-state index contributed by atoms with van der Waals surface area (Å²) < 4.78 is 25.6. The highest BCUT2D eigenvalue weighted by atomic mass is 32.2. The molecule has 138 valence electrons. The van der Waals surface area contributed by atoms with E-state index in [-0.39, 0.29) is 23.4 Å². The topological polar surface area (TPSA) is 69.7 Å². The van der Waals surface area contributed by atoms with Crippen LogP contribution < -0.4 is 10.2 Å². The van der Waals surface area contributed by atoms with Crippen LogP contribution in [0.5, 0.6) is 0 Å². The maximum absolute atomic E-state index is 12.5. The summed E-state index contributed by atoms with van der Waals surface area (Å²) in [6, 6.07) is 14.6. The van der Waals surface area contributed by atoms with Gasteiger partial charge >= 0.3 is 0 Å². The van der Waals surface area contributed by atoms with Crippen LogP contribution in [0.1, 0.15) is 12.5 Å². The van der Waals surface area contributed by atoms with Crippen molar-refractivity contribution < 1.29 is 13.2 Å². The Morgan fingerprint density at radius 3 is 2.65 bits per heavy atom. The van der Waals surface area contributed by atoms with Crippen molar-refractivity contribution in [1.29, 1.82) is 0 Å². The molecule has 0 radical (unpaired) electrons. The predicted molar refractivity (Wildman–Crippen MR) is 103 cm³/mol. The van der Waals surface area contributed by atoms with Crippen molar-refractivity contribution in [2.24, 2.45) is 0 Å². The highest BCUT2D eigenvalue weighted by molar-refractivity contribution is 7.89. The van der Waals surface area contributed by atoms with Gasteiger partial charge in [0.15, 0.2) is 0 Å². The molecule has 0 aromatic heterocycles. The first kappa shape index (κ1) is 18.4. The zero-order chi connectivity index (χ0) is 18.9. The molecule has 1 unspecified atom stereocenters. The second kappa shape index (κ2) is 7.09. The van der Waals surface area contributed by atoms with Gasteiger partial charge in [-0.3, -0.25) is 4.79 Å². The van der Waals surface area contributed by atoms with Crippen LogP contribution in [0, 0.1) is 0 Å². The summed E-state index contributed by atoms with van der Waals surface area (Å²) in [7, 11) is -0.577. The van der Waals surface area contributed by atoms with E-state index in [1.54, 1.807) is 12.1 Å². The molecule has 1 heterocycles. The van der Waals surface area contributed by atoms with Crippen LogP contribution in [-0.4, -0.2) is 45.3 Å². The van der Waals surface area contributed by atoms with E-state index in [0.717, 1.165) is 16.4 Å². The number of benzene rings is 2. The lowest BCUT2D eigenvalue weighted by Crippen LogP contribution is -2.37. The predicted octanol–water partition coefficient (Wildman–Crippen LogP) is 2.33. The summed E-state index contributed by atoms with van der Waals surface area (Å²) in [6.07, 6.45) is 0.917. The molecule has 3 rings (SSSR count). The fraction of sp³-hybridized carbons (Fsp3) is 0.316. The Kier molecular flexibility index (Phi) is 5.02. The number of sulfonamides is 1. The molecule has 0 bridgehead atoms. The first-order valence-electron chi connectivity index (χ1n) is 8.46. The molecule has 0 saturated heterocycles. The number of carbonyl (C=O) groups excluding carboxylic acids is 1. The monoisotopic (exact) mass is 373 g/mol. The molecule has 0 saturated carbocycles. The normalized spacial score (nSPS) is 16.6.